The Kier molecular flexibility index (Phi) is 4.47. The number of nitrogens with zero attached hydrogens (tertiary/aromatic N) is 2. The summed E-state index contributed by atoms with van der Waals surface area (Å²) in [7, 11) is 4.29. The highest BCUT2D eigenvalue weighted by Gasteiger charge is 2.28. The monoisotopic (exact) mass is 332 g/mol. The van der Waals surface area contributed by atoms with Gasteiger partial charge in [-0.1, -0.05) is 6.07 Å². The van der Waals surface area contributed by atoms with Gasteiger partial charge in [-0.25, -0.2) is 0 Å². The van der Waals surface area contributed by atoms with Crippen LogP contribution in [0.4, 0.5) is 0 Å². The SMILES string of the molecule is Cc1cc(C)c(-c2c(C)cc(C)c(-c3cccc[n+]3C)[n+]2C)cc1C. The molecule has 2 nitrogen and oxygen atoms in total. The minimum absolute atomic E-state index is 1.23. The molecule has 0 amide bonds. The minimum atomic E-state index is 1.23. The van der Waals surface area contributed by atoms with Crippen molar-refractivity contribution in [2.24, 2.45) is 14.1 Å². The molecule has 3 rings (SSSR count). The maximum atomic E-state index is 2.36. The lowest BCUT2D eigenvalue weighted by Crippen LogP contribution is -2.41. The Morgan fingerprint density at radius 2 is 1.24 bits per heavy atom. The predicted molar refractivity (Wildman–Crippen MR) is 103 cm³/mol. The van der Waals surface area contributed by atoms with Crippen molar-refractivity contribution in [2.45, 2.75) is 34.6 Å². The molecule has 2 aromatic heterocycles. The number of aromatic nitrogens is 2. The molecule has 2 heteroatoms. The minimum Gasteiger partial charge on any atom is -0.196 e. The molecule has 0 atom stereocenters. The van der Waals surface area contributed by atoms with E-state index in [1.165, 1.54) is 50.5 Å². The van der Waals surface area contributed by atoms with Crippen LogP contribution in [0.25, 0.3) is 22.6 Å². The zero-order chi connectivity index (χ0) is 18.3. The summed E-state index contributed by atoms with van der Waals surface area (Å²) >= 11 is 0. The van der Waals surface area contributed by atoms with Crippen molar-refractivity contribution in [1.82, 2.24) is 0 Å². The van der Waals surface area contributed by atoms with Gasteiger partial charge in [-0.15, -0.1) is 0 Å². The molecule has 0 aliphatic heterocycles. The summed E-state index contributed by atoms with van der Waals surface area (Å²) in [5, 5.41) is 0. The highest BCUT2D eigenvalue weighted by atomic mass is 15.0. The van der Waals surface area contributed by atoms with Crippen LogP contribution in [0.15, 0.2) is 42.6 Å². The van der Waals surface area contributed by atoms with Crippen LogP contribution in [0.5, 0.6) is 0 Å². The molecule has 1 aromatic carbocycles. The van der Waals surface area contributed by atoms with Gasteiger partial charge in [0, 0.05) is 28.8 Å². The van der Waals surface area contributed by atoms with Gasteiger partial charge in [-0.05, 0) is 69.5 Å². The molecule has 2 heterocycles. The summed E-state index contributed by atoms with van der Waals surface area (Å²) in [4.78, 5) is 0. The van der Waals surface area contributed by atoms with Gasteiger partial charge in [0.25, 0.3) is 11.4 Å². The molecular formula is C23H28N2+2. The lowest BCUT2D eigenvalue weighted by Gasteiger charge is -2.13. The second kappa shape index (κ2) is 6.44. The highest BCUT2D eigenvalue weighted by molar-refractivity contribution is 5.68. The molecule has 0 aliphatic rings. The normalized spacial score (nSPS) is 11.0. The topological polar surface area (TPSA) is 7.76 Å². The Balaban J connectivity index is 2.36. The van der Waals surface area contributed by atoms with Gasteiger partial charge in [-0.2, -0.15) is 9.13 Å². The van der Waals surface area contributed by atoms with E-state index in [9.17, 15) is 0 Å². The van der Waals surface area contributed by atoms with Crippen molar-refractivity contribution in [3.05, 3.63) is 70.4 Å². The molecular weight excluding hydrogens is 304 g/mol. The summed E-state index contributed by atoms with van der Waals surface area (Å²) < 4.78 is 4.55. The predicted octanol–water partition coefficient (Wildman–Crippen LogP) is 4.21. The summed E-state index contributed by atoms with van der Waals surface area (Å²) in [5.41, 5.74) is 11.7. The first-order valence-corrected chi connectivity index (χ1v) is 8.84. The number of benzene rings is 1. The molecule has 0 radical (unpaired) electrons. The van der Waals surface area contributed by atoms with Crippen molar-refractivity contribution in [3.63, 3.8) is 0 Å². The Morgan fingerprint density at radius 1 is 0.640 bits per heavy atom. The van der Waals surface area contributed by atoms with Gasteiger partial charge >= 0.3 is 0 Å². The smallest absolute Gasteiger partial charge is 0.196 e. The highest BCUT2D eigenvalue weighted by Crippen LogP contribution is 2.29. The van der Waals surface area contributed by atoms with Crippen LogP contribution in [-0.4, -0.2) is 0 Å². The van der Waals surface area contributed by atoms with E-state index >= 15 is 0 Å². The lowest BCUT2D eigenvalue weighted by atomic mass is 9.94. The van der Waals surface area contributed by atoms with Crippen LogP contribution in [0.3, 0.4) is 0 Å². The van der Waals surface area contributed by atoms with Crippen LogP contribution >= 0.6 is 0 Å². The second-order valence-electron chi connectivity index (χ2n) is 7.21. The van der Waals surface area contributed by atoms with Crippen LogP contribution in [-0.2, 0) is 14.1 Å². The number of hydrogen-bond acceptors (Lipinski definition) is 0. The van der Waals surface area contributed by atoms with E-state index in [0.717, 1.165) is 0 Å². The first kappa shape index (κ1) is 17.3. The van der Waals surface area contributed by atoms with Gasteiger partial charge in [0.1, 0.15) is 14.1 Å². The average Bonchev–Trinajstić information content (AvgIpc) is 2.53. The third-order valence-corrected chi connectivity index (χ3v) is 5.24. The van der Waals surface area contributed by atoms with Crippen LogP contribution in [0.2, 0.25) is 0 Å². The van der Waals surface area contributed by atoms with Crippen molar-refractivity contribution in [2.75, 3.05) is 0 Å². The van der Waals surface area contributed by atoms with Gasteiger partial charge < -0.3 is 0 Å². The van der Waals surface area contributed by atoms with Crippen molar-refractivity contribution < 1.29 is 9.13 Å². The van der Waals surface area contributed by atoms with Gasteiger partial charge in [0.05, 0.1) is 0 Å². The van der Waals surface area contributed by atoms with E-state index in [-0.39, 0.29) is 0 Å². The van der Waals surface area contributed by atoms with E-state index in [1.807, 2.05) is 0 Å². The summed E-state index contributed by atoms with van der Waals surface area (Å²) in [5.74, 6) is 0. The van der Waals surface area contributed by atoms with Crippen LogP contribution < -0.4 is 9.13 Å². The Bertz CT molecular complexity index is 968. The molecule has 0 aliphatic carbocycles. The van der Waals surface area contributed by atoms with Crippen LogP contribution in [0, 0.1) is 34.6 Å². The molecule has 0 fully saturated rings. The zero-order valence-electron chi connectivity index (χ0n) is 16.4. The number of hydrogen-bond donors (Lipinski definition) is 0. The quantitative estimate of drug-likeness (QED) is 0.621. The molecule has 3 aromatic rings. The molecule has 0 saturated carbocycles. The van der Waals surface area contributed by atoms with E-state index in [0.29, 0.717) is 0 Å². The molecule has 0 bridgehead atoms. The largest absolute Gasteiger partial charge is 0.280 e. The third-order valence-electron chi connectivity index (χ3n) is 5.24. The average molecular weight is 332 g/mol. The van der Waals surface area contributed by atoms with Gasteiger partial charge in [0.2, 0.25) is 5.69 Å². The number of aryl methyl sites for hydroxylation is 6. The zero-order valence-corrected chi connectivity index (χ0v) is 16.4. The number of rotatable bonds is 2. The second-order valence-corrected chi connectivity index (χ2v) is 7.21. The van der Waals surface area contributed by atoms with Crippen LogP contribution in [0.1, 0.15) is 27.8 Å². The van der Waals surface area contributed by atoms with Crippen molar-refractivity contribution in [3.8, 4) is 22.6 Å². The molecule has 0 spiro atoms. The summed E-state index contributed by atoms with van der Waals surface area (Å²) in [6.45, 7) is 11.0. The summed E-state index contributed by atoms with van der Waals surface area (Å²) in [6.07, 6.45) is 2.11. The molecule has 25 heavy (non-hydrogen) atoms. The standard InChI is InChI=1S/C23H28N2/c1-15-12-17(3)20(14-16(15)2)22-18(4)13-19(5)23(25(22)7)21-10-8-9-11-24(21)6/h8-14H,1-7H3/q+2. The Hall–Kier alpha value is -2.48. The lowest BCUT2D eigenvalue weighted by molar-refractivity contribution is -0.685. The Labute approximate surface area is 151 Å². The van der Waals surface area contributed by atoms with Gasteiger partial charge in [0.15, 0.2) is 6.20 Å². The molecule has 0 saturated heterocycles. The van der Waals surface area contributed by atoms with Crippen molar-refractivity contribution >= 4 is 0 Å². The Morgan fingerprint density at radius 3 is 1.92 bits per heavy atom. The van der Waals surface area contributed by atoms with Crippen molar-refractivity contribution in [1.29, 1.82) is 0 Å². The first-order chi connectivity index (χ1) is 11.8. The molecule has 0 unspecified atom stereocenters. The fourth-order valence-electron chi connectivity index (χ4n) is 3.85. The first-order valence-electron chi connectivity index (χ1n) is 8.84. The third kappa shape index (κ3) is 2.97. The fourth-order valence-corrected chi connectivity index (χ4v) is 3.85. The van der Waals surface area contributed by atoms with E-state index in [4.69, 9.17) is 0 Å². The fraction of sp³-hybridized carbons (Fsp3) is 0.304. The number of pyridine rings is 2. The van der Waals surface area contributed by atoms with Gasteiger partial charge in [-0.3, -0.25) is 0 Å². The maximum Gasteiger partial charge on any atom is 0.280 e. The van der Waals surface area contributed by atoms with E-state index in [1.54, 1.807) is 0 Å². The molecule has 0 N–H and O–H groups in total. The summed E-state index contributed by atoms with van der Waals surface area (Å²) in [6, 6.07) is 13.3. The maximum absolute atomic E-state index is 2.36. The van der Waals surface area contributed by atoms with E-state index in [2.05, 4.69) is 100 Å². The molecule has 128 valence electrons. The van der Waals surface area contributed by atoms with E-state index < -0.39 is 0 Å².